The van der Waals surface area contributed by atoms with Crippen LogP contribution in [-0.2, 0) is 17.9 Å². The first-order valence-electron chi connectivity index (χ1n) is 12.6. The highest BCUT2D eigenvalue weighted by Gasteiger charge is 2.21. The minimum atomic E-state index is -0.172. The van der Waals surface area contributed by atoms with Crippen LogP contribution in [0.2, 0.25) is 0 Å². The lowest BCUT2D eigenvalue weighted by Crippen LogP contribution is -2.38. The third-order valence-electron chi connectivity index (χ3n) is 6.18. The van der Waals surface area contributed by atoms with Gasteiger partial charge in [0.25, 0.3) is 5.91 Å². The van der Waals surface area contributed by atoms with Crippen LogP contribution in [0.15, 0.2) is 42.5 Å². The van der Waals surface area contributed by atoms with Crippen LogP contribution in [-0.4, -0.2) is 50.1 Å². The van der Waals surface area contributed by atoms with E-state index < -0.39 is 0 Å². The summed E-state index contributed by atoms with van der Waals surface area (Å²) in [5.74, 6) is 1.81. The van der Waals surface area contributed by atoms with Crippen molar-refractivity contribution in [3.8, 4) is 11.5 Å². The van der Waals surface area contributed by atoms with Gasteiger partial charge in [-0.05, 0) is 56.3 Å². The molecule has 0 atom stereocenters. The summed E-state index contributed by atoms with van der Waals surface area (Å²) in [5, 5.41) is 6.07. The van der Waals surface area contributed by atoms with Crippen LogP contribution in [0.5, 0.6) is 11.5 Å². The summed E-state index contributed by atoms with van der Waals surface area (Å²) in [4.78, 5) is 28.1. The first-order valence-corrected chi connectivity index (χ1v) is 12.6. The molecule has 0 unspecified atom stereocenters. The Balaban J connectivity index is 1.86. The average Bonchev–Trinajstić information content (AvgIpc) is 2.87. The molecule has 0 spiro atoms. The first-order chi connectivity index (χ1) is 17.0. The second-order valence-electron chi connectivity index (χ2n) is 9.43. The molecule has 0 saturated heterocycles. The lowest BCUT2D eigenvalue weighted by Gasteiger charge is -2.25. The Bertz CT molecular complexity index is 976. The van der Waals surface area contributed by atoms with E-state index >= 15 is 0 Å². The van der Waals surface area contributed by atoms with Crippen LogP contribution in [0.1, 0.15) is 61.0 Å². The number of fused-ring (bicyclic) bond motifs is 1. The predicted octanol–water partition coefficient (Wildman–Crippen LogP) is 4.15. The van der Waals surface area contributed by atoms with Crippen molar-refractivity contribution < 1.29 is 19.1 Å². The molecule has 1 aliphatic rings. The van der Waals surface area contributed by atoms with E-state index in [9.17, 15) is 9.59 Å². The molecule has 1 aliphatic heterocycles. The highest BCUT2D eigenvalue weighted by atomic mass is 16.5. The zero-order chi connectivity index (χ0) is 25.0. The van der Waals surface area contributed by atoms with Crippen LogP contribution in [0.3, 0.4) is 0 Å². The molecule has 35 heavy (non-hydrogen) atoms. The third kappa shape index (κ3) is 8.28. The summed E-state index contributed by atoms with van der Waals surface area (Å²) in [6.45, 7) is 7.49. The number of rotatable bonds is 7. The van der Waals surface area contributed by atoms with Gasteiger partial charge in [-0.2, -0.15) is 0 Å². The van der Waals surface area contributed by atoms with Gasteiger partial charge < -0.3 is 20.1 Å². The van der Waals surface area contributed by atoms with Gasteiger partial charge in [0.2, 0.25) is 5.91 Å². The van der Waals surface area contributed by atoms with E-state index in [1.807, 2.05) is 42.5 Å². The summed E-state index contributed by atoms with van der Waals surface area (Å²) in [6, 6.07) is 13.3. The number of para-hydroxylation sites is 1. The number of benzene rings is 2. The second kappa shape index (κ2) is 13.7. The van der Waals surface area contributed by atoms with Crippen LogP contribution in [0.25, 0.3) is 0 Å². The lowest BCUT2D eigenvalue weighted by molar-refractivity contribution is -0.122. The number of carbonyl (C=O) groups is 2. The molecular formula is C28H39N3O4. The Morgan fingerprint density at radius 1 is 1.11 bits per heavy atom. The molecular weight excluding hydrogens is 442 g/mol. The molecule has 0 saturated carbocycles. The topological polar surface area (TPSA) is 79.9 Å². The van der Waals surface area contributed by atoms with E-state index in [0.717, 1.165) is 49.1 Å². The number of carbonyl (C=O) groups excluding carboxylic acids is 2. The molecule has 7 heteroatoms. The lowest BCUT2D eigenvalue weighted by atomic mass is 10.0. The van der Waals surface area contributed by atoms with Crippen molar-refractivity contribution in [3.05, 3.63) is 59.2 Å². The Morgan fingerprint density at radius 3 is 2.74 bits per heavy atom. The standard InChI is InChI=1S/C28H39N3O4/c1-21(2)14-16-31-19-24-23(28(33)30-18-22-10-5-6-12-25(22)34-3)11-9-13-26(24)35-17-8-4-7-15-29-27(32)20-31/h5-6,9-13,21H,4,7-8,14-20H2,1-3H3,(H,29,32)(H,30,33). The minimum absolute atomic E-state index is 0.0218. The summed E-state index contributed by atoms with van der Waals surface area (Å²) in [5.41, 5.74) is 2.30. The van der Waals surface area contributed by atoms with Gasteiger partial charge in [-0.15, -0.1) is 0 Å². The SMILES string of the molecule is COc1ccccc1CNC(=O)c1cccc2c1CN(CCC(C)C)CC(=O)NCCCCCO2. The third-order valence-corrected chi connectivity index (χ3v) is 6.18. The van der Waals surface area contributed by atoms with Gasteiger partial charge in [0.1, 0.15) is 11.5 Å². The predicted molar refractivity (Wildman–Crippen MR) is 138 cm³/mol. The van der Waals surface area contributed by atoms with Gasteiger partial charge in [0, 0.05) is 36.3 Å². The average molecular weight is 482 g/mol. The van der Waals surface area contributed by atoms with Gasteiger partial charge in [0.15, 0.2) is 0 Å². The number of methoxy groups -OCH3 is 1. The number of nitrogens with zero attached hydrogens (tertiary/aromatic N) is 1. The zero-order valence-corrected chi connectivity index (χ0v) is 21.3. The van der Waals surface area contributed by atoms with Crippen molar-refractivity contribution in [3.63, 3.8) is 0 Å². The van der Waals surface area contributed by atoms with Gasteiger partial charge in [0.05, 0.1) is 20.3 Å². The molecule has 0 radical (unpaired) electrons. The maximum Gasteiger partial charge on any atom is 0.252 e. The van der Waals surface area contributed by atoms with E-state index in [4.69, 9.17) is 9.47 Å². The van der Waals surface area contributed by atoms with Gasteiger partial charge in [-0.25, -0.2) is 0 Å². The summed E-state index contributed by atoms with van der Waals surface area (Å²) in [7, 11) is 1.62. The molecule has 0 fully saturated rings. The fourth-order valence-corrected chi connectivity index (χ4v) is 4.15. The van der Waals surface area contributed by atoms with Crippen molar-refractivity contribution in [2.24, 2.45) is 5.92 Å². The van der Waals surface area contributed by atoms with Crippen LogP contribution >= 0.6 is 0 Å². The van der Waals surface area contributed by atoms with Crippen LogP contribution in [0.4, 0.5) is 0 Å². The number of ether oxygens (including phenoxy) is 2. The maximum absolute atomic E-state index is 13.4. The number of amides is 2. The van der Waals surface area contributed by atoms with Crippen molar-refractivity contribution >= 4 is 11.8 Å². The molecule has 2 N–H and O–H groups in total. The van der Waals surface area contributed by atoms with Crippen molar-refractivity contribution in [2.75, 3.05) is 33.4 Å². The fraction of sp³-hybridized carbons (Fsp3) is 0.500. The zero-order valence-electron chi connectivity index (χ0n) is 21.3. The van der Waals surface area contributed by atoms with E-state index in [1.165, 1.54) is 0 Å². The van der Waals surface area contributed by atoms with E-state index in [1.54, 1.807) is 7.11 Å². The normalized spacial score (nSPS) is 15.6. The fourth-order valence-electron chi connectivity index (χ4n) is 4.15. The minimum Gasteiger partial charge on any atom is -0.496 e. The molecule has 2 aromatic rings. The Labute approximate surface area is 209 Å². The van der Waals surface area contributed by atoms with E-state index in [0.29, 0.717) is 50.0 Å². The van der Waals surface area contributed by atoms with E-state index in [-0.39, 0.29) is 11.8 Å². The Morgan fingerprint density at radius 2 is 1.94 bits per heavy atom. The van der Waals surface area contributed by atoms with Crippen molar-refractivity contribution in [1.29, 1.82) is 0 Å². The number of hydrogen-bond donors (Lipinski definition) is 2. The molecule has 2 aromatic carbocycles. The quantitative estimate of drug-likeness (QED) is 0.621. The summed E-state index contributed by atoms with van der Waals surface area (Å²) < 4.78 is 11.6. The monoisotopic (exact) mass is 481 g/mol. The van der Waals surface area contributed by atoms with Crippen LogP contribution in [0, 0.1) is 5.92 Å². The molecule has 0 bridgehead atoms. The summed E-state index contributed by atoms with van der Waals surface area (Å²) >= 11 is 0. The van der Waals surface area contributed by atoms with Crippen molar-refractivity contribution in [2.45, 2.75) is 52.6 Å². The largest absolute Gasteiger partial charge is 0.496 e. The van der Waals surface area contributed by atoms with Gasteiger partial charge in [-0.1, -0.05) is 38.1 Å². The van der Waals surface area contributed by atoms with E-state index in [2.05, 4.69) is 29.4 Å². The molecule has 0 aromatic heterocycles. The Hall–Kier alpha value is -3.06. The first kappa shape index (κ1) is 26.5. The molecule has 1 heterocycles. The summed E-state index contributed by atoms with van der Waals surface area (Å²) in [6.07, 6.45) is 3.77. The highest BCUT2D eigenvalue weighted by molar-refractivity contribution is 5.96. The second-order valence-corrected chi connectivity index (χ2v) is 9.43. The maximum atomic E-state index is 13.4. The molecule has 190 valence electrons. The molecule has 3 rings (SSSR count). The van der Waals surface area contributed by atoms with Gasteiger partial charge in [-0.3, -0.25) is 14.5 Å². The highest BCUT2D eigenvalue weighted by Crippen LogP contribution is 2.26. The number of hydrogen-bond acceptors (Lipinski definition) is 5. The molecule has 7 nitrogen and oxygen atoms in total. The van der Waals surface area contributed by atoms with Crippen molar-refractivity contribution in [1.82, 2.24) is 15.5 Å². The van der Waals surface area contributed by atoms with Gasteiger partial charge >= 0.3 is 0 Å². The Kier molecular flexibility index (Phi) is 10.4. The molecule has 2 amide bonds. The molecule has 0 aliphatic carbocycles. The smallest absolute Gasteiger partial charge is 0.252 e. The van der Waals surface area contributed by atoms with Crippen LogP contribution < -0.4 is 20.1 Å². The number of nitrogens with one attached hydrogen (secondary N) is 2.